The summed E-state index contributed by atoms with van der Waals surface area (Å²) < 4.78 is 0. The third-order valence-electron chi connectivity index (χ3n) is 8.26. The van der Waals surface area contributed by atoms with E-state index in [1.807, 2.05) is 0 Å². The number of hydrogen-bond donors (Lipinski definition) is 5. The number of nitro benzene ring substituents is 8. The average molecular weight is 1110 g/mol. The van der Waals surface area contributed by atoms with E-state index in [1.165, 1.54) is 18.2 Å². The van der Waals surface area contributed by atoms with Crippen molar-refractivity contribution in [2.45, 2.75) is 0 Å². The van der Waals surface area contributed by atoms with Crippen molar-refractivity contribution < 1.29 is 88.9 Å². The van der Waals surface area contributed by atoms with E-state index in [1.54, 1.807) is 0 Å². The van der Waals surface area contributed by atoms with Gasteiger partial charge in [-0.25, -0.2) is 24.0 Å². The molecule has 0 aromatic heterocycles. The van der Waals surface area contributed by atoms with Gasteiger partial charge in [-0.3, -0.25) is 80.9 Å². The summed E-state index contributed by atoms with van der Waals surface area (Å²) in [5, 5.41) is 130. The molecule has 0 unspecified atom stereocenters. The Kier molecular flexibility index (Phi) is 19.7. The lowest BCUT2D eigenvalue weighted by Crippen LogP contribution is -2.11. The molecule has 0 saturated heterocycles. The molecule has 0 aliphatic rings. The van der Waals surface area contributed by atoms with E-state index in [0.29, 0.717) is 17.2 Å². The van der Waals surface area contributed by atoms with Gasteiger partial charge in [-0.05, 0) is 24.3 Å². The Labute approximate surface area is 416 Å². The molecule has 0 aliphatic carbocycles. The zero-order valence-electron chi connectivity index (χ0n) is 34.2. The zero-order chi connectivity index (χ0) is 56.3. The number of carboxylic acids is 5. The molecular weight excluding hydrogens is 1090 g/mol. The largest absolute Gasteiger partial charge is 0.478 e. The first-order valence-electron chi connectivity index (χ1n) is 17.5. The highest BCUT2D eigenvalue weighted by molar-refractivity contribution is 6.38. The Hall–Kier alpha value is -10.2. The Morgan fingerprint density at radius 2 is 0.726 bits per heavy atom. The monoisotopic (exact) mass is 1100 g/mol. The standard InChI is InChI=1S/C14H4Cl2N4O12.C7H4Cl2O2.2C7H4N2O6/c15-9-5(17(25)26)1-3(13(21)22)7(11(9)19(29)30)8-4(14(23)24)2-6(18(27)28)10(16)12(8)20(31)32;8-4-1-2-6(9)5(3-4)7(10)11;10-7(11)4-1-5(8(12)13)3-6(2-4)9(14)15;10-7(11)5-2-1-4(8(12)13)3-6(5)9(14)15/h1-2H,(H,21,22)(H,23,24);1-3H,(H,10,11);2*1-3H,(H,10,11). The van der Waals surface area contributed by atoms with Crippen LogP contribution in [0.5, 0.6) is 0 Å². The van der Waals surface area contributed by atoms with Crippen molar-refractivity contribution in [2.24, 2.45) is 0 Å². The van der Waals surface area contributed by atoms with Crippen molar-refractivity contribution >= 4 is 122 Å². The lowest BCUT2D eigenvalue weighted by Gasteiger charge is -2.13. The molecular formula is C35H16Cl4N8O26. The molecule has 0 fully saturated rings. The molecule has 0 radical (unpaired) electrons. The van der Waals surface area contributed by atoms with E-state index in [4.69, 9.17) is 61.7 Å². The number of nitro groups is 8. The van der Waals surface area contributed by atoms with E-state index >= 15 is 0 Å². The summed E-state index contributed by atoms with van der Waals surface area (Å²) in [6, 6.07) is 9.31. The average Bonchev–Trinajstić information content (AvgIpc) is 3.28. The molecule has 0 atom stereocenters. The molecule has 5 aromatic rings. The molecule has 0 bridgehead atoms. The number of nitrogens with zero attached hydrogens (tertiary/aromatic N) is 8. The first-order valence-corrected chi connectivity index (χ1v) is 19.0. The normalized spacial score (nSPS) is 9.97. The zero-order valence-corrected chi connectivity index (χ0v) is 37.3. The summed E-state index contributed by atoms with van der Waals surface area (Å²) in [6.45, 7) is 0. The van der Waals surface area contributed by atoms with Gasteiger partial charge in [0.1, 0.15) is 5.56 Å². The van der Waals surface area contributed by atoms with Crippen LogP contribution in [0.1, 0.15) is 51.8 Å². The number of rotatable bonds is 14. The highest BCUT2D eigenvalue weighted by Crippen LogP contribution is 2.51. The number of carbonyl (C=O) groups is 5. The van der Waals surface area contributed by atoms with Crippen LogP contribution < -0.4 is 0 Å². The summed E-state index contributed by atoms with van der Waals surface area (Å²) in [6.07, 6.45) is 0. The molecule has 0 saturated carbocycles. The van der Waals surface area contributed by atoms with Gasteiger partial charge >= 0.3 is 41.2 Å². The molecule has 0 spiro atoms. The minimum atomic E-state index is -2.09. The number of aromatic carboxylic acids is 5. The molecule has 380 valence electrons. The van der Waals surface area contributed by atoms with Crippen LogP contribution in [0.25, 0.3) is 11.1 Å². The second-order valence-corrected chi connectivity index (χ2v) is 14.2. The van der Waals surface area contributed by atoms with Crippen LogP contribution in [-0.4, -0.2) is 94.8 Å². The summed E-state index contributed by atoms with van der Waals surface area (Å²) in [5.74, 6) is -8.22. The van der Waals surface area contributed by atoms with Crippen LogP contribution in [0, 0.1) is 80.9 Å². The highest BCUT2D eigenvalue weighted by Gasteiger charge is 2.42. The maximum absolute atomic E-state index is 11.7. The van der Waals surface area contributed by atoms with E-state index in [0.717, 1.165) is 24.3 Å². The number of non-ortho nitro benzene ring substituents is 3. The van der Waals surface area contributed by atoms with Gasteiger partial charge in [0.15, 0.2) is 10.0 Å². The van der Waals surface area contributed by atoms with Gasteiger partial charge in [0, 0.05) is 35.4 Å². The highest BCUT2D eigenvalue weighted by atomic mass is 35.5. The predicted molar refractivity (Wildman–Crippen MR) is 239 cm³/mol. The number of benzene rings is 5. The fraction of sp³-hybridized carbons (Fsp3) is 0. The Balaban J connectivity index is 0.000000370. The first kappa shape index (κ1) is 58.9. The van der Waals surface area contributed by atoms with Gasteiger partial charge in [-0.1, -0.05) is 46.4 Å². The minimum absolute atomic E-state index is 0.0270. The van der Waals surface area contributed by atoms with E-state index in [-0.39, 0.29) is 22.7 Å². The second kappa shape index (κ2) is 24.4. The SMILES string of the molecule is O=C(O)c1cc(Cl)ccc1Cl.O=C(O)c1cc([N+](=O)[O-])c(Cl)c([N+](=O)[O-])c1-c1c(C(=O)O)cc([N+](=O)[O-])c(Cl)c1[N+](=O)[O-].O=C(O)c1cc([N+](=O)[O-])cc([N+](=O)[O-])c1.O=C(O)c1ccc([N+](=O)[O-])cc1[N+](=O)[O-]. The lowest BCUT2D eigenvalue weighted by atomic mass is 9.91. The summed E-state index contributed by atoms with van der Waals surface area (Å²) in [5.41, 5.74) is -14.5. The van der Waals surface area contributed by atoms with E-state index < -0.39 is 158 Å². The molecule has 5 rings (SSSR count). The number of halogens is 4. The van der Waals surface area contributed by atoms with Crippen molar-refractivity contribution in [3.8, 4) is 11.1 Å². The maximum atomic E-state index is 11.7. The van der Waals surface area contributed by atoms with Crippen LogP contribution in [0.15, 0.2) is 66.7 Å². The molecule has 73 heavy (non-hydrogen) atoms. The Morgan fingerprint density at radius 1 is 0.356 bits per heavy atom. The van der Waals surface area contributed by atoms with Gasteiger partial charge in [-0.2, -0.15) is 0 Å². The van der Waals surface area contributed by atoms with E-state index in [9.17, 15) is 115 Å². The third kappa shape index (κ3) is 14.4. The second-order valence-electron chi connectivity index (χ2n) is 12.6. The fourth-order valence-electron chi connectivity index (χ4n) is 5.27. The summed E-state index contributed by atoms with van der Waals surface area (Å²) in [4.78, 5) is 133. The Morgan fingerprint density at radius 3 is 1.01 bits per heavy atom. The first-order chi connectivity index (χ1) is 33.7. The quantitative estimate of drug-likeness (QED) is 0.0512. The van der Waals surface area contributed by atoms with Crippen molar-refractivity contribution in [3.63, 3.8) is 0 Å². The minimum Gasteiger partial charge on any atom is -0.478 e. The predicted octanol–water partition coefficient (Wildman–Crippen LogP) is 8.78. The number of carboxylic acid groups (broad SMARTS) is 5. The number of hydrogen-bond acceptors (Lipinski definition) is 21. The van der Waals surface area contributed by atoms with Gasteiger partial charge < -0.3 is 25.5 Å². The van der Waals surface area contributed by atoms with Crippen LogP contribution in [-0.2, 0) is 0 Å². The summed E-state index contributed by atoms with van der Waals surface area (Å²) >= 11 is 22.5. The smallest absolute Gasteiger partial charge is 0.342 e. The van der Waals surface area contributed by atoms with Gasteiger partial charge in [0.05, 0.1) is 89.9 Å². The summed E-state index contributed by atoms with van der Waals surface area (Å²) in [7, 11) is 0. The maximum Gasteiger partial charge on any atom is 0.342 e. The molecule has 38 heteroatoms. The molecule has 5 aromatic carbocycles. The Bertz CT molecular complexity index is 3100. The van der Waals surface area contributed by atoms with Crippen LogP contribution >= 0.6 is 46.4 Å². The van der Waals surface area contributed by atoms with Gasteiger partial charge in [-0.15, -0.1) is 0 Å². The van der Waals surface area contributed by atoms with Crippen molar-refractivity contribution in [1.82, 2.24) is 0 Å². The molecule has 5 N–H and O–H groups in total. The lowest BCUT2D eigenvalue weighted by molar-refractivity contribution is -0.395. The molecule has 34 nitrogen and oxygen atoms in total. The van der Waals surface area contributed by atoms with Crippen molar-refractivity contribution in [2.75, 3.05) is 0 Å². The molecule has 0 heterocycles. The molecule has 0 amide bonds. The topological polar surface area (TPSA) is 532 Å². The third-order valence-corrected chi connectivity index (χ3v) is 9.57. The molecule has 0 aliphatic heterocycles. The van der Waals surface area contributed by atoms with Crippen molar-refractivity contribution in [1.29, 1.82) is 0 Å². The van der Waals surface area contributed by atoms with Crippen molar-refractivity contribution in [3.05, 3.63) is 196 Å². The van der Waals surface area contributed by atoms with Gasteiger partial charge in [0.25, 0.3) is 34.1 Å². The van der Waals surface area contributed by atoms with Crippen LogP contribution in [0.4, 0.5) is 45.5 Å². The van der Waals surface area contributed by atoms with Crippen LogP contribution in [0.2, 0.25) is 20.1 Å². The van der Waals surface area contributed by atoms with E-state index in [2.05, 4.69) is 0 Å². The van der Waals surface area contributed by atoms with Gasteiger partial charge in [0.2, 0.25) is 0 Å². The fourth-order valence-corrected chi connectivity index (χ4v) is 6.21. The van der Waals surface area contributed by atoms with Crippen LogP contribution in [0.3, 0.4) is 0 Å².